The van der Waals surface area contributed by atoms with Crippen LogP contribution >= 0.6 is 0 Å². The zero-order chi connectivity index (χ0) is 46.7. The fourth-order valence-electron chi connectivity index (χ4n) is 9.91. The minimum absolute atomic E-state index is 0.134. The number of ether oxygens (including phenoxy) is 2. The average molecular weight is 891 g/mol. The molecule has 2 fully saturated rings. The molecular weight excluding hydrogens is 825 g/mol. The van der Waals surface area contributed by atoms with Gasteiger partial charge in [0.05, 0.1) is 36.6 Å². The predicted octanol–water partition coefficient (Wildman–Crippen LogP) is 5.04. The number of methoxy groups -OCH3 is 1. The SMILES string of the molecule is CCn1c(-c2cccnc2[C@H](C)OC)c2c3cc(ccc31)-c1cccc(c1)C[C@H](NC(=O)C(C(C)C)N(C)C(=O)[C@H]1CCN(C(=O)CN)C1)C(=O)N1CCC[C@H](N1)C(=O)OCC(C)(C)C2. The van der Waals surface area contributed by atoms with Crippen LogP contribution in [0.25, 0.3) is 33.3 Å². The normalized spacial score (nSPS) is 21.2. The number of carbonyl (C=O) groups excluding carboxylic acids is 5. The molecular formula is C50H66N8O7. The molecule has 65 heavy (non-hydrogen) atoms. The summed E-state index contributed by atoms with van der Waals surface area (Å²) in [6.07, 6.45) is 3.76. The summed E-state index contributed by atoms with van der Waals surface area (Å²) >= 11 is 0. The van der Waals surface area contributed by atoms with Gasteiger partial charge in [-0.25, -0.2) is 5.43 Å². The van der Waals surface area contributed by atoms with Gasteiger partial charge in [0.15, 0.2) is 0 Å². The molecule has 5 heterocycles. The molecule has 15 nitrogen and oxygen atoms in total. The van der Waals surface area contributed by atoms with Crippen molar-refractivity contribution in [1.82, 2.24) is 35.1 Å². The lowest BCUT2D eigenvalue weighted by atomic mass is 9.84. The lowest BCUT2D eigenvalue weighted by molar-refractivity contribution is -0.155. The van der Waals surface area contributed by atoms with Gasteiger partial charge in [-0.1, -0.05) is 58.0 Å². The highest BCUT2D eigenvalue weighted by molar-refractivity contribution is 5.96. The Morgan fingerprint density at radius 2 is 1.82 bits per heavy atom. The maximum Gasteiger partial charge on any atom is 0.324 e. The number of benzene rings is 2. The number of aromatic nitrogens is 2. The fraction of sp³-hybridized carbons (Fsp3) is 0.520. The average Bonchev–Trinajstić information content (AvgIpc) is 3.92. The van der Waals surface area contributed by atoms with Crippen molar-refractivity contribution < 1.29 is 33.4 Å². The van der Waals surface area contributed by atoms with Gasteiger partial charge in [-0.05, 0) is 92.0 Å². The zero-order valence-electron chi connectivity index (χ0n) is 39.2. The van der Waals surface area contributed by atoms with E-state index in [1.807, 2.05) is 39.0 Å². The molecule has 2 aromatic heterocycles. The van der Waals surface area contributed by atoms with Gasteiger partial charge in [-0.2, -0.15) is 0 Å². The number of nitrogens with zero attached hydrogens (tertiary/aromatic N) is 5. The lowest BCUT2D eigenvalue weighted by Crippen LogP contribution is -2.62. The highest BCUT2D eigenvalue weighted by Crippen LogP contribution is 2.42. The number of hydrogen-bond donors (Lipinski definition) is 3. The van der Waals surface area contributed by atoms with Gasteiger partial charge in [-0.15, -0.1) is 0 Å². The van der Waals surface area contributed by atoms with Crippen LogP contribution in [0.1, 0.15) is 83.7 Å². The van der Waals surface area contributed by atoms with Crippen molar-refractivity contribution in [3.8, 4) is 22.4 Å². The van der Waals surface area contributed by atoms with E-state index in [0.717, 1.165) is 50.1 Å². The Hall–Kier alpha value is -5.64. The summed E-state index contributed by atoms with van der Waals surface area (Å²) in [7, 11) is 3.29. The fourth-order valence-corrected chi connectivity index (χ4v) is 9.91. The van der Waals surface area contributed by atoms with Crippen molar-refractivity contribution in [2.75, 3.05) is 46.9 Å². The molecule has 5 atom stereocenters. The first-order valence-corrected chi connectivity index (χ1v) is 23.1. The van der Waals surface area contributed by atoms with Crippen LogP contribution in [0.4, 0.5) is 0 Å². The topological polar surface area (TPSA) is 181 Å². The minimum atomic E-state index is -1.05. The first-order valence-electron chi connectivity index (χ1n) is 23.1. The molecule has 3 aliphatic heterocycles. The summed E-state index contributed by atoms with van der Waals surface area (Å²) in [6, 6.07) is 15.8. The van der Waals surface area contributed by atoms with Crippen molar-refractivity contribution in [3.05, 3.63) is 77.6 Å². The number of cyclic esters (lactones) is 1. The quantitative estimate of drug-likeness (QED) is 0.183. The van der Waals surface area contributed by atoms with Gasteiger partial charge in [0.25, 0.3) is 5.91 Å². The summed E-state index contributed by atoms with van der Waals surface area (Å²) in [5.41, 5.74) is 16.0. The second-order valence-electron chi connectivity index (χ2n) is 19.0. The predicted molar refractivity (Wildman–Crippen MR) is 249 cm³/mol. The van der Waals surface area contributed by atoms with Gasteiger partial charge < -0.3 is 34.9 Å². The third kappa shape index (κ3) is 9.97. The van der Waals surface area contributed by atoms with Crippen LogP contribution in [0.2, 0.25) is 0 Å². The van der Waals surface area contributed by atoms with Crippen molar-refractivity contribution >= 4 is 40.5 Å². The molecule has 0 aliphatic carbocycles. The van der Waals surface area contributed by atoms with E-state index >= 15 is 0 Å². The van der Waals surface area contributed by atoms with E-state index in [0.29, 0.717) is 45.3 Å². The number of esters is 1. The van der Waals surface area contributed by atoms with Crippen molar-refractivity contribution in [2.24, 2.45) is 23.0 Å². The molecule has 2 saturated heterocycles. The molecule has 0 radical (unpaired) electrons. The Morgan fingerprint density at radius 1 is 1.05 bits per heavy atom. The molecule has 4 amide bonds. The summed E-state index contributed by atoms with van der Waals surface area (Å²) in [5, 5.41) is 5.57. The number of rotatable bonds is 10. The first-order chi connectivity index (χ1) is 31.0. The van der Waals surface area contributed by atoms with Crippen LogP contribution in [0.15, 0.2) is 60.8 Å². The van der Waals surface area contributed by atoms with E-state index in [1.165, 1.54) is 9.91 Å². The molecule has 348 valence electrons. The summed E-state index contributed by atoms with van der Waals surface area (Å²) in [5.74, 6) is -2.57. The first kappa shape index (κ1) is 47.3. The maximum atomic E-state index is 14.7. The molecule has 1 unspecified atom stereocenters. The third-order valence-electron chi connectivity index (χ3n) is 13.4. The molecule has 3 aliphatic rings. The molecule has 7 rings (SSSR count). The van der Waals surface area contributed by atoms with Crippen LogP contribution in [0.3, 0.4) is 0 Å². The third-order valence-corrected chi connectivity index (χ3v) is 13.4. The second-order valence-corrected chi connectivity index (χ2v) is 19.0. The summed E-state index contributed by atoms with van der Waals surface area (Å²) in [4.78, 5) is 77.1. The molecule has 0 saturated carbocycles. The van der Waals surface area contributed by atoms with Crippen molar-refractivity contribution in [1.29, 1.82) is 0 Å². The Kier molecular flexibility index (Phi) is 14.5. The van der Waals surface area contributed by atoms with Gasteiger partial charge in [0.2, 0.25) is 17.7 Å². The van der Waals surface area contributed by atoms with Crippen LogP contribution in [0, 0.1) is 17.3 Å². The second kappa shape index (κ2) is 19.8. The molecule has 4 aromatic rings. The number of hydrogen-bond acceptors (Lipinski definition) is 10. The van der Waals surface area contributed by atoms with E-state index in [9.17, 15) is 24.0 Å². The smallest absolute Gasteiger partial charge is 0.324 e. The van der Waals surface area contributed by atoms with E-state index < -0.39 is 47.2 Å². The van der Waals surface area contributed by atoms with Crippen LogP contribution in [-0.2, 0) is 52.8 Å². The largest absolute Gasteiger partial charge is 0.464 e. The van der Waals surface area contributed by atoms with Crippen LogP contribution in [-0.4, -0.2) is 119 Å². The van der Waals surface area contributed by atoms with E-state index in [4.69, 9.17) is 20.2 Å². The molecule has 15 heteroatoms. The number of nitrogens with one attached hydrogen (secondary N) is 2. The number of amides is 4. The number of pyridine rings is 1. The Balaban J connectivity index is 1.29. The minimum Gasteiger partial charge on any atom is -0.464 e. The van der Waals surface area contributed by atoms with Crippen LogP contribution in [0.5, 0.6) is 0 Å². The standard InChI is InChI=1S/C50H66N8O7/c1-9-57-41-18-17-34-25-37(41)38(45(57)36-15-11-20-52-43(36)31(4)64-8)26-50(5,6)29-65-49(63)39-16-12-21-58(54-39)48(62)40(24-32-13-10-14-33(34)23-32)53-46(60)44(30(2)3)55(7)47(61)35-19-22-56(28-35)42(59)27-51/h10-11,13-15,17-18,20,23,25,30-31,35,39-40,44,54H,9,12,16,19,21-22,24,26-29,51H2,1-8H3,(H,53,60)/t31-,35-,39-,40-,44?/m0/s1. The Labute approximate surface area is 382 Å². The molecule has 4 N–H and O–H groups in total. The van der Waals surface area contributed by atoms with Crippen LogP contribution < -0.4 is 16.5 Å². The number of nitrogens with two attached hydrogens (primary N) is 1. The van der Waals surface area contributed by atoms with Gasteiger partial charge in [0.1, 0.15) is 18.1 Å². The van der Waals surface area contributed by atoms with Gasteiger partial charge >= 0.3 is 5.97 Å². The summed E-state index contributed by atoms with van der Waals surface area (Å²) < 4.78 is 14.3. The number of fused-ring (bicyclic) bond motifs is 6. The highest BCUT2D eigenvalue weighted by Gasteiger charge is 2.40. The highest BCUT2D eigenvalue weighted by atomic mass is 16.5. The molecule has 6 bridgehead atoms. The maximum absolute atomic E-state index is 14.7. The molecule has 0 spiro atoms. The van der Waals surface area contributed by atoms with E-state index in [-0.39, 0.29) is 50.0 Å². The zero-order valence-corrected chi connectivity index (χ0v) is 39.2. The molecule has 2 aromatic carbocycles. The number of likely N-dealkylation sites (tertiary alicyclic amines) is 1. The van der Waals surface area contributed by atoms with E-state index in [1.54, 1.807) is 25.3 Å². The number of likely N-dealkylation sites (N-methyl/N-ethyl adjacent to an activating group) is 1. The van der Waals surface area contributed by atoms with Gasteiger partial charge in [0, 0.05) is 74.8 Å². The van der Waals surface area contributed by atoms with E-state index in [2.05, 4.69) is 72.5 Å². The Morgan fingerprint density at radius 3 is 2.54 bits per heavy atom. The van der Waals surface area contributed by atoms with Crippen molar-refractivity contribution in [3.63, 3.8) is 0 Å². The Bertz CT molecular complexity index is 2430. The lowest BCUT2D eigenvalue weighted by Gasteiger charge is -2.37. The number of hydrazine groups is 1. The number of aryl methyl sites for hydroxylation is 1. The number of carbonyl (C=O) groups is 5. The van der Waals surface area contributed by atoms with Crippen molar-refractivity contribution in [2.45, 2.75) is 104 Å². The van der Waals surface area contributed by atoms with Gasteiger partial charge in [-0.3, -0.25) is 34.0 Å². The monoisotopic (exact) mass is 891 g/mol. The summed E-state index contributed by atoms with van der Waals surface area (Å²) in [6.45, 7) is 13.8.